The highest BCUT2D eigenvalue weighted by molar-refractivity contribution is 7.84. The van der Waals surface area contributed by atoms with Gasteiger partial charge in [-0.2, -0.15) is 0 Å². The van der Waals surface area contributed by atoms with Crippen LogP contribution in [-0.2, 0) is 10.8 Å². The third-order valence-corrected chi connectivity index (χ3v) is 3.71. The minimum Gasteiger partial charge on any atom is -0.251 e. The highest BCUT2D eigenvalue weighted by Gasteiger charge is 2.24. The van der Waals surface area contributed by atoms with Gasteiger partial charge in [-0.15, -0.1) is 5.10 Å². The molecule has 0 aromatic carbocycles. The Labute approximate surface area is 95.4 Å². The molecular weight excluding hydrogens is 224 g/mol. The van der Waals surface area contributed by atoms with Gasteiger partial charge in [-0.25, -0.2) is 14.5 Å². The van der Waals surface area contributed by atoms with E-state index < -0.39 is 10.8 Å². The molecule has 1 unspecified atom stereocenters. The highest BCUT2D eigenvalue weighted by Crippen LogP contribution is 2.35. The van der Waals surface area contributed by atoms with Gasteiger partial charge in [-0.3, -0.25) is 4.21 Å². The Bertz CT molecular complexity index is 561. The molecule has 16 heavy (non-hydrogen) atoms. The van der Waals surface area contributed by atoms with Crippen molar-refractivity contribution in [3.8, 4) is 0 Å². The van der Waals surface area contributed by atoms with Gasteiger partial charge in [0.15, 0.2) is 0 Å². The molecule has 1 aliphatic rings. The van der Waals surface area contributed by atoms with Gasteiger partial charge in [0.25, 0.3) is 0 Å². The topological polar surface area (TPSA) is 60.2 Å². The molecule has 5 nitrogen and oxygen atoms in total. The zero-order valence-electron chi connectivity index (χ0n) is 8.96. The van der Waals surface area contributed by atoms with Crippen molar-refractivity contribution in [1.29, 1.82) is 0 Å². The van der Waals surface area contributed by atoms with Gasteiger partial charge in [0, 0.05) is 12.2 Å². The molecule has 84 valence electrons. The molecule has 3 rings (SSSR count). The van der Waals surface area contributed by atoms with Gasteiger partial charge < -0.3 is 0 Å². The number of rotatable bonds is 2. The molecule has 0 aliphatic heterocycles. The molecule has 1 saturated carbocycles. The predicted octanol–water partition coefficient (Wildman–Crippen LogP) is 1.13. The van der Waals surface area contributed by atoms with Crippen LogP contribution in [0, 0.1) is 0 Å². The molecule has 2 heterocycles. The summed E-state index contributed by atoms with van der Waals surface area (Å²) in [5.74, 6) is 1.49. The highest BCUT2D eigenvalue weighted by atomic mass is 32.2. The third kappa shape index (κ3) is 1.44. The van der Waals surface area contributed by atoms with Crippen LogP contribution in [0.5, 0.6) is 0 Å². The summed E-state index contributed by atoms with van der Waals surface area (Å²) >= 11 is 0. The van der Waals surface area contributed by atoms with Crippen LogP contribution >= 0.6 is 0 Å². The summed E-state index contributed by atoms with van der Waals surface area (Å²) in [6.07, 6.45) is 8.65. The lowest BCUT2D eigenvalue weighted by atomic mass is 9.85. The monoisotopic (exact) mass is 236 g/mol. The van der Waals surface area contributed by atoms with E-state index in [9.17, 15) is 4.21 Å². The van der Waals surface area contributed by atoms with Crippen molar-refractivity contribution in [2.45, 2.75) is 30.3 Å². The Morgan fingerprint density at radius 2 is 2.12 bits per heavy atom. The Balaban J connectivity index is 2.15. The van der Waals surface area contributed by atoms with Crippen molar-refractivity contribution in [3.05, 3.63) is 18.2 Å². The minimum atomic E-state index is -1.15. The number of hydrogen-bond donors (Lipinski definition) is 0. The zero-order chi connectivity index (χ0) is 11.1. The van der Waals surface area contributed by atoms with E-state index >= 15 is 0 Å². The van der Waals surface area contributed by atoms with E-state index in [1.54, 1.807) is 23.2 Å². The molecule has 0 bridgehead atoms. The molecular formula is C10H12N4OS. The molecule has 0 spiro atoms. The van der Waals surface area contributed by atoms with E-state index in [0.29, 0.717) is 11.1 Å². The summed E-state index contributed by atoms with van der Waals surface area (Å²) in [7, 11) is -1.15. The van der Waals surface area contributed by atoms with Crippen LogP contribution in [0.25, 0.3) is 5.52 Å². The van der Waals surface area contributed by atoms with Crippen LogP contribution < -0.4 is 0 Å². The van der Waals surface area contributed by atoms with Gasteiger partial charge in [0.05, 0.1) is 23.2 Å². The van der Waals surface area contributed by atoms with Crippen molar-refractivity contribution in [2.24, 2.45) is 0 Å². The molecule has 0 amide bonds. The average Bonchev–Trinajstić information content (AvgIpc) is 2.59. The van der Waals surface area contributed by atoms with E-state index in [0.717, 1.165) is 11.3 Å². The lowest BCUT2D eigenvalue weighted by molar-refractivity contribution is 0.394. The maximum Gasteiger partial charge on any atom is 0.237 e. The van der Waals surface area contributed by atoms with E-state index in [1.807, 2.05) is 0 Å². The smallest absolute Gasteiger partial charge is 0.237 e. The van der Waals surface area contributed by atoms with Crippen LogP contribution in [0.4, 0.5) is 0 Å². The van der Waals surface area contributed by atoms with Crippen LogP contribution in [0.2, 0.25) is 0 Å². The predicted molar refractivity (Wildman–Crippen MR) is 59.7 cm³/mol. The van der Waals surface area contributed by atoms with Gasteiger partial charge in [-0.05, 0) is 12.8 Å². The molecule has 0 saturated heterocycles. The van der Waals surface area contributed by atoms with Crippen molar-refractivity contribution in [1.82, 2.24) is 19.6 Å². The van der Waals surface area contributed by atoms with Crippen LogP contribution in [-0.4, -0.2) is 30.0 Å². The van der Waals surface area contributed by atoms with Crippen molar-refractivity contribution >= 4 is 16.3 Å². The molecule has 6 heteroatoms. The lowest BCUT2D eigenvalue weighted by Crippen LogP contribution is -2.14. The molecule has 0 radical (unpaired) electrons. The number of imidazole rings is 1. The molecule has 1 fully saturated rings. The van der Waals surface area contributed by atoms with Crippen LogP contribution in [0.1, 0.15) is 31.0 Å². The quantitative estimate of drug-likeness (QED) is 0.784. The van der Waals surface area contributed by atoms with Gasteiger partial charge in [0.2, 0.25) is 5.16 Å². The van der Waals surface area contributed by atoms with Crippen LogP contribution in [0.3, 0.4) is 0 Å². The Morgan fingerprint density at radius 3 is 2.75 bits per heavy atom. The van der Waals surface area contributed by atoms with Gasteiger partial charge in [0.1, 0.15) is 11.3 Å². The first kappa shape index (κ1) is 9.89. The van der Waals surface area contributed by atoms with Gasteiger partial charge in [-0.1, -0.05) is 6.42 Å². The van der Waals surface area contributed by atoms with Crippen LogP contribution in [0.15, 0.2) is 17.6 Å². The minimum absolute atomic E-state index is 0.367. The van der Waals surface area contributed by atoms with E-state index in [4.69, 9.17) is 0 Å². The largest absolute Gasteiger partial charge is 0.251 e. The Morgan fingerprint density at radius 1 is 1.38 bits per heavy atom. The fraction of sp³-hybridized carbons (Fsp3) is 0.500. The molecule has 1 aliphatic carbocycles. The number of hydrogen-bond acceptors (Lipinski definition) is 4. The first-order valence-electron chi connectivity index (χ1n) is 5.30. The fourth-order valence-electron chi connectivity index (χ4n) is 1.88. The molecule has 2 aromatic rings. The second kappa shape index (κ2) is 3.62. The molecule has 2 aromatic heterocycles. The summed E-state index contributed by atoms with van der Waals surface area (Å²) in [5.41, 5.74) is 0.871. The SMILES string of the molecule is CS(=O)c1ncc2cnc(C3CCC3)n2n1. The van der Waals surface area contributed by atoms with Crippen molar-refractivity contribution < 1.29 is 4.21 Å². The Hall–Kier alpha value is -1.30. The fourth-order valence-corrected chi connectivity index (χ4v) is 2.28. The zero-order valence-corrected chi connectivity index (χ0v) is 9.78. The maximum absolute atomic E-state index is 11.3. The second-order valence-corrected chi connectivity index (χ2v) is 5.35. The summed E-state index contributed by atoms with van der Waals surface area (Å²) in [6.45, 7) is 0. The molecule has 0 N–H and O–H groups in total. The Kier molecular flexibility index (Phi) is 2.24. The summed E-state index contributed by atoms with van der Waals surface area (Å²) in [5, 5.41) is 4.65. The van der Waals surface area contributed by atoms with E-state index in [1.165, 1.54) is 19.3 Å². The first-order valence-corrected chi connectivity index (χ1v) is 6.85. The van der Waals surface area contributed by atoms with E-state index in [-0.39, 0.29) is 0 Å². The van der Waals surface area contributed by atoms with E-state index in [2.05, 4.69) is 15.1 Å². The number of aromatic nitrogens is 4. The summed E-state index contributed by atoms with van der Waals surface area (Å²) < 4.78 is 13.1. The number of fused-ring (bicyclic) bond motifs is 1. The number of nitrogens with zero attached hydrogens (tertiary/aromatic N) is 4. The normalized spacial score (nSPS) is 18.6. The van der Waals surface area contributed by atoms with Gasteiger partial charge >= 0.3 is 0 Å². The maximum atomic E-state index is 11.3. The average molecular weight is 236 g/mol. The third-order valence-electron chi connectivity index (χ3n) is 3.01. The summed E-state index contributed by atoms with van der Waals surface area (Å²) in [6, 6.07) is 0. The lowest BCUT2D eigenvalue weighted by Gasteiger charge is -2.23. The standard InChI is InChI=1S/C10H12N4OS/c1-16(15)10-12-6-8-5-11-9(14(8)13-10)7-3-2-4-7/h5-7H,2-4H2,1H3. The second-order valence-electron chi connectivity index (χ2n) is 4.08. The molecule has 1 atom stereocenters. The first-order chi connectivity index (χ1) is 7.75. The van der Waals surface area contributed by atoms with Crippen molar-refractivity contribution in [3.63, 3.8) is 0 Å². The summed E-state index contributed by atoms with van der Waals surface area (Å²) in [4.78, 5) is 8.43. The van der Waals surface area contributed by atoms with Crippen molar-refractivity contribution in [2.75, 3.05) is 6.26 Å².